The first kappa shape index (κ1) is 10.5. The summed E-state index contributed by atoms with van der Waals surface area (Å²) in [4.78, 5) is 20.0. The topological polar surface area (TPSA) is 59.3 Å². The molecule has 3 aromatic rings. The molecule has 1 N–H and O–H groups in total. The van der Waals surface area contributed by atoms with Gasteiger partial charge in [0.05, 0.1) is 5.56 Å². The van der Waals surface area contributed by atoms with Gasteiger partial charge in [0.15, 0.2) is 0 Å². The van der Waals surface area contributed by atoms with E-state index in [-0.39, 0.29) is 5.91 Å². The second-order valence-electron chi connectivity index (χ2n) is 3.80. The normalized spacial score (nSPS) is 10.4. The van der Waals surface area contributed by atoms with Crippen molar-refractivity contribution in [2.75, 3.05) is 5.32 Å². The quantitative estimate of drug-likeness (QED) is 0.742. The lowest BCUT2D eigenvalue weighted by molar-refractivity contribution is 0.102. The van der Waals surface area contributed by atoms with Gasteiger partial charge in [-0.25, -0.2) is 4.98 Å². The van der Waals surface area contributed by atoms with E-state index in [1.807, 2.05) is 10.5 Å². The first-order chi connectivity index (χ1) is 8.83. The van der Waals surface area contributed by atoms with Crippen molar-refractivity contribution in [1.29, 1.82) is 0 Å². The average molecular weight is 238 g/mol. The molecule has 0 aliphatic heterocycles. The molecule has 88 valence electrons. The molecule has 0 unspecified atom stereocenters. The highest BCUT2D eigenvalue weighted by atomic mass is 16.1. The van der Waals surface area contributed by atoms with E-state index in [1.165, 1.54) is 0 Å². The highest BCUT2D eigenvalue weighted by Gasteiger charge is 2.06. The molecule has 5 nitrogen and oxygen atoms in total. The van der Waals surface area contributed by atoms with Gasteiger partial charge in [-0.2, -0.15) is 0 Å². The summed E-state index contributed by atoms with van der Waals surface area (Å²) in [6, 6.07) is 7.04. The SMILES string of the molecule is O=C(Nc1ccncc1)c1ccc2nccn2c1. The number of rotatable bonds is 2. The largest absolute Gasteiger partial charge is 0.322 e. The molecule has 0 aromatic carbocycles. The van der Waals surface area contributed by atoms with Crippen molar-refractivity contribution < 1.29 is 4.79 Å². The first-order valence-corrected chi connectivity index (χ1v) is 5.47. The van der Waals surface area contributed by atoms with Gasteiger partial charge in [-0.05, 0) is 24.3 Å². The third-order valence-corrected chi connectivity index (χ3v) is 2.59. The van der Waals surface area contributed by atoms with E-state index >= 15 is 0 Å². The maximum atomic E-state index is 12.0. The predicted molar refractivity (Wildman–Crippen MR) is 67.4 cm³/mol. The molecule has 0 spiro atoms. The van der Waals surface area contributed by atoms with E-state index < -0.39 is 0 Å². The molecule has 3 rings (SSSR count). The van der Waals surface area contributed by atoms with Crippen LogP contribution in [0, 0.1) is 0 Å². The predicted octanol–water partition coefficient (Wildman–Crippen LogP) is 1.98. The van der Waals surface area contributed by atoms with Crippen molar-refractivity contribution in [2.45, 2.75) is 0 Å². The summed E-state index contributed by atoms with van der Waals surface area (Å²) in [5.41, 5.74) is 2.12. The Balaban J connectivity index is 1.87. The molecule has 0 atom stereocenters. The molecule has 5 heteroatoms. The van der Waals surface area contributed by atoms with Crippen LogP contribution in [0.5, 0.6) is 0 Å². The average Bonchev–Trinajstić information content (AvgIpc) is 2.87. The summed E-state index contributed by atoms with van der Waals surface area (Å²) in [6.45, 7) is 0. The lowest BCUT2D eigenvalue weighted by Crippen LogP contribution is -2.12. The number of carbonyl (C=O) groups is 1. The lowest BCUT2D eigenvalue weighted by atomic mass is 10.2. The molecule has 1 amide bonds. The molecule has 0 radical (unpaired) electrons. The van der Waals surface area contributed by atoms with E-state index in [2.05, 4.69) is 15.3 Å². The molecular formula is C13H10N4O. The van der Waals surface area contributed by atoms with Crippen LogP contribution < -0.4 is 5.32 Å². The number of imidazole rings is 1. The number of aromatic nitrogens is 3. The Morgan fingerprint density at radius 3 is 2.78 bits per heavy atom. The van der Waals surface area contributed by atoms with Crippen molar-refractivity contribution in [3.8, 4) is 0 Å². The Bertz CT molecular complexity index is 690. The van der Waals surface area contributed by atoms with Gasteiger partial charge in [0.1, 0.15) is 5.65 Å². The van der Waals surface area contributed by atoms with E-state index in [4.69, 9.17) is 0 Å². The zero-order valence-corrected chi connectivity index (χ0v) is 9.45. The lowest BCUT2D eigenvalue weighted by Gasteiger charge is -2.05. The number of nitrogens with zero attached hydrogens (tertiary/aromatic N) is 3. The second-order valence-corrected chi connectivity index (χ2v) is 3.80. The summed E-state index contributed by atoms with van der Waals surface area (Å²) in [5.74, 6) is -0.156. The summed E-state index contributed by atoms with van der Waals surface area (Å²) < 4.78 is 1.81. The number of pyridine rings is 2. The van der Waals surface area contributed by atoms with Crippen LogP contribution in [0.3, 0.4) is 0 Å². The van der Waals surface area contributed by atoms with Gasteiger partial charge in [-0.1, -0.05) is 0 Å². The maximum absolute atomic E-state index is 12.0. The first-order valence-electron chi connectivity index (χ1n) is 5.47. The Kier molecular flexibility index (Phi) is 2.49. The van der Waals surface area contributed by atoms with Gasteiger partial charge in [-0.3, -0.25) is 9.78 Å². The van der Waals surface area contributed by atoms with Crippen LogP contribution in [0.4, 0.5) is 5.69 Å². The number of hydrogen-bond donors (Lipinski definition) is 1. The van der Waals surface area contributed by atoms with Gasteiger partial charge in [0.25, 0.3) is 5.91 Å². The van der Waals surface area contributed by atoms with Gasteiger partial charge in [0, 0.05) is 36.7 Å². The zero-order valence-electron chi connectivity index (χ0n) is 9.45. The molecule has 0 saturated heterocycles. The van der Waals surface area contributed by atoms with Gasteiger partial charge in [-0.15, -0.1) is 0 Å². The Morgan fingerprint density at radius 1 is 1.11 bits per heavy atom. The fourth-order valence-electron chi connectivity index (χ4n) is 1.69. The van der Waals surface area contributed by atoms with E-state index in [0.29, 0.717) is 5.56 Å². The van der Waals surface area contributed by atoms with E-state index in [1.54, 1.807) is 49.2 Å². The molecule has 3 aromatic heterocycles. The van der Waals surface area contributed by atoms with Crippen molar-refractivity contribution in [1.82, 2.24) is 14.4 Å². The minimum absolute atomic E-state index is 0.156. The molecule has 0 fully saturated rings. The van der Waals surface area contributed by atoms with Crippen LogP contribution in [0.1, 0.15) is 10.4 Å². The fourth-order valence-corrected chi connectivity index (χ4v) is 1.69. The van der Waals surface area contributed by atoms with E-state index in [9.17, 15) is 4.79 Å². The van der Waals surface area contributed by atoms with Crippen LogP contribution in [-0.2, 0) is 0 Å². The summed E-state index contributed by atoms with van der Waals surface area (Å²) in [5, 5.41) is 2.80. The molecule has 0 aliphatic carbocycles. The number of hydrogen-bond acceptors (Lipinski definition) is 3. The zero-order chi connectivity index (χ0) is 12.4. The molecule has 18 heavy (non-hydrogen) atoms. The molecule has 0 bridgehead atoms. The van der Waals surface area contributed by atoms with Crippen molar-refractivity contribution >= 4 is 17.2 Å². The monoisotopic (exact) mass is 238 g/mol. The summed E-state index contributed by atoms with van der Waals surface area (Å²) in [6.07, 6.45) is 8.51. The molecule has 0 saturated carbocycles. The molecule has 0 aliphatic rings. The number of anilines is 1. The number of amides is 1. The Morgan fingerprint density at radius 2 is 1.94 bits per heavy atom. The summed E-state index contributed by atoms with van der Waals surface area (Å²) >= 11 is 0. The number of carbonyl (C=O) groups excluding carboxylic acids is 1. The van der Waals surface area contributed by atoms with Crippen LogP contribution in [0.2, 0.25) is 0 Å². The van der Waals surface area contributed by atoms with Crippen molar-refractivity contribution in [2.24, 2.45) is 0 Å². The molecular weight excluding hydrogens is 228 g/mol. The smallest absolute Gasteiger partial charge is 0.257 e. The molecule has 3 heterocycles. The van der Waals surface area contributed by atoms with Crippen LogP contribution >= 0.6 is 0 Å². The minimum Gasteiger partial charge on any atom is -0.322 e. The number of nitrogens with one attached hydrogen (secondary N) is 1. The maximum Gasteiger partial charge on any atom is 0.257 e. The van der Waals surface area contributed by atoms with Crippen LogP contribution in [-0.4, -0.2) is 20.3 Å². The van der Waals surface area contributed by atoms with Gasteiger partial charge in [0.2, 0.25) is 0 Å². The number of fused-ring (bicyclic) bond motifs is 1. The van der Waals surface area contributed by atoms with Crippen molar-refractivity contribution in [3.05, 3.63) is 60.8 Å². The second kappa shape index (κ2) is 4.29. The third kappa shape index (κ3) is 1.93. The van der Waals surface area contributed by atoms with Crippen LogP contribution in [0.25, 0.3) is 5.65 Å². The Hall–Kier alpha value is -2.69. The third-order valence-electron chi connectivity index (χ3n) is 2.59. The standard InChI is InChI=1S/C13H10N4O/c18-13(16-11-3-5-14-6-4-11)10-1-2-12-15-7-8-17(12)9-10/h1-9H,(H,14,16,18). The van der Waals surface area contributed by atoms with Crippen LogP contribution in [0.15, 0.2) is 55.2 Å². The highest BCUT2D eigenvalue weighted by molar-refractivity contribution is 6.04. The summed E-state index contributed by atoms with van der Waals surface area (Å²) in [7, 11) is 0. The van der Waals surface area contributed by atoms with Gasteiger partial charge < -0.3 is 9.72 Å². The highest BCUT2D eigenvalue weighted by Crippen LogP contribution is 2.09. The van der Waals surface area contributed by atoms with Gasteiger partial charge >= 0.3 is 0 Å². The Labute approximate surface area is 103 Å². The minimum atomic E-state index is -0.156. The van der Waals surface area contributed by atoms with E-state index in [0.717, 1.165) is 11.3 Å². The van der Waals surface area contributed by atoms with Crippen molar-refractivity contribution in [3.63, 3.8) is 0 Å². The fraction of sp³-hybridized carbons (Fsp3) is 0.